The van der Waals surface area contributed by atoms with Crippen LogP contribution in [0.5, 0.6) is 11.5 Å². The first-order valence-corrected chi connectivity index (χ1v) is 11.2. The Labute approximate surface area is 190 Å². The number of furan rings is 1. The van der Waals surface area contributed by atoms with Crippen LogP contribution in [0.25, 0.3) is 0 Å². The van der Waals surface area contributed by atoms with Gasteiger partial charge in [0.1, 0.15) is 16.8 Å². The summed E-state index contributed by atoms with van der Waals surface area (Å²) < 4.78 is 16.1. The number of fused-ring (bicyclic) bond motifs is 1. The minimum absolute atomic E-state index is 0.0545. The molecule has 0 radical (unpaired) electrons. The second kappa shape index (κ2) is 10.2. The van der Waals surface area contributed by atoms with Crippen molar-refractivity contribution in [1.82, 2.24) is 5.32 Å². The van der Waals surface area contributed by atoms with Crippen molar-refractivity contribution in [3.8, 4) is 17.6 Å². The third-order valence-corrected chi connectivity index (χ3v) is 6.39. The number of carbonyl (C=O) groups is 1. The Balaban J connectivity index is 1.59. The standard InChI is InChI=1S/C24H23N3O4S/c1-29-20-13-16(8-9-19(20)31-12-10-25)14-27-24-22(18-6-2-3-7-21(18)32-24)23(28)26-15-17-5-4-11-30-17/h4-5,8-9,11,13-14H,2-3,6-7,12,15H2,1H3,(H,26,28). The molecule has 1 aromatic carbocycles. The molecule has 1 amide bonds. The lowest BCUT2D eigenvalue weighted by molar-refractivity contribution is 0.0948. The fourth-order valence-electron chi connectivity index (χ4n) is 3.67. The van der Waals surface area contributed by atoms with Crippen molar-refractivity contribution < 1.29 is 18.7 Å². The molecule has 2 aromatic heterocycles. The molecular weight excluding hydrogens is 426 g/mol. The predicted molar refractivity (Wildman–Crippen MR) is 122 cm³/mol. The summed E-state index contributed by atoms with van der Waals surface area (Å²) in [6.07, 6.45) is 7.39. The molecule has 4 rings (SSSR count). The molecule has 32 heavy (non-hydrogen) atoms. The number of nitrogens with one attached hydrogen (secondary N) is 1. The van der Waals surface area contributed by atoms with Crippen LogP contribution in [0, 0.1) is 11.3 Å². The maximum atomic E-state index is 13.1. The molecule has 2 heterocycles. The van der Waals surface area contributed by atoms with Crippen LogP contribution >= 0.6 is 11.3 Å². The van der Waals surface area contributed by atoms with Gasteiger partial charge < -0.3 is 19.2 Å². The molecule has 0 atom stereocenters. The van der Waals surface area contributed by atoms with Gasteiger partial charge in [-0.05, 0) is 67.1 Å². The Bertz CT molecular complexity index is 1160. The van der Waals surface area contributed by atoms with Crippen LogP contribution in [0.4, 0.5) is 5.00 Å². The molecule has 7 nitrogen and oxygen atoms in total. The van der Waals surface area contributed by atoms with E-state index in [-0.39, 0.29) is 12.5 Å². The minimum atomic E-state index is -0.134. The van der Waals surface area contributed by atoms with Gasteiger partial charge in [0, 0.05) is 11.1 Å². The van der Waals surface area contributed by atoms with E-state index >= 15 is 0 Å². The molecular formula is C24H23N3O4S. The first kappa shape index (κ1) is 21.7. The lowest BCUT2D eigenvalue weighted by Gasteiger charge is -2.12. The van der Waals surface area contributed by atoms with Crippen LogP contribution in [0.3, 0.4) is 0 Å². The summed E-state index contributed by atoms with van der Waals surface area (Å²) in [5.41, 5.74) is 2.58. The normalized spacial score (nSPS) is 12.9. The average Bonchev–Trinajstić information content (AvgIpc) is 3.47. The summed E-state index contributed by atoms with van der Waals surface area (Å²) >= 11 is 1.58. The number of ether oxygens (including phenoxy) is 2. The van der Waals surface area contributed by atoms with E-state index < -0.39 is 0 Å². The first-order valence-electron chi connectivity index (χ1n) is 10.4. The van der Waals surface area contributed by atoms with Gasteiger partial charge in [0.25, 0.3) is 5.91 Å². The summed E-state index contributed by atoms with van der Waals surface area (Å²) in [5, 5.41) is 12.4. The number of hydrogen-bond acceptors (Lipinski definition) is 7. The zero-order valence-corrected chi connectivity index (χ0v) is 18.5. The number of aliphatic imine (C=N–C) groups is 1. The molecule has 0 spiro atoms. The molecule has 8 heteroatoms. The molecule has 0 fully saturated rings. The summed E-state index contributed by atoms with van der Waals surface area (Å²) in [6.45, 7) is 0.280. The summed E-state index contributed by atoms with van der Waals surface area (Å²) in [7, 11) is 1.55. The number of nitrogens with zero attached hydrogens (tertiary/aromatic N) is 2. The van der Waals surface area contributed by atoms with Crippen LogP contribution in [-0.4, -0.2) is 25.8 Å². The van der Waals surface area contributed by atoms with E-state index in [4.69, 9.17) is 19.2 Å². The molecule has 164 valence electrons. The number of benzene rings is 1. The highest BCUT2D eigenvalue weighted by Crippen LogP contribution is 2.40. The third-order valence-electron chi connectivity index (χ3n) is 5.19. The molecule has 1 aliphatic rings. The van der Waals surface area contributed by atoms with Crippen LogP contribution < -0.4 is 14.8 Å². The SMILES string of the molecule is COc1cc(C=Nc2sc3c(c2C(=O)NCc2ccco2)CCCC3)ccc1OCC#N. The number of amides is 1. The van der Waals surface area contributed by atoms with E-state index in [1.54, 1.807) is 49.1 Å². The highest BCUT2D eigenvalue weighted by atomic mass is 32.1. The van der Waals surface area contributed by atoms with Gasteiger partial charge in [0.15, 0.2) is 18.1 Å². The number of aryl methyl sites for hydroxylation is 1. The number of methoxy groups -OCH3 is 1. The van der Waals surface area contributed by atoms with E-state index in [2.05, 4.69) is 10.3 Å². The van der Waals surface area contributed by atoms with E-state index in [0.29, 0.717) is 34.4 Å². The molecule has 0 bridgehead atoms. The molecule has 0 saturated heterocycles. The lowest BCUT2D eigenvalue weighted by atomic mass is 9.95. The monoisotopic (exact) mass is 449 g/mol. The van der Waals surface area contributed by atoms with Crippen molar-refractivity contribution in [2.75, 3.05) is 13.7 Å². The number of carbonyl (C=O) groups excluding carboxylic acids is 1. The van der Waals surface area contributed by atoms with Crippen LogP contribution in [-0.2, 0) is 19.4 Å². The maximum absolute atomic E-state index is 13.1. The number of thiophene rings is 1. The Kier molecular flexibility index (Phi) is 6.87. The van der Waals surface area contributed by atoms with Crippen molar-refractivity contribution in [1.29, 1.82) is 5.26 Å². The highest BCUT2D eigenvalue weighted by molar-refractivity contribution is 7.16. The fourth-order valence-corrected chi connectivity index (χ4v) is 4.90. The number of rotatable bonds is 8. The second-order valence-electron chi connectivity index (χ2n) is 7.27. The molecule has 1 aliphatic carbocycles. The summed E-state index contributed by atoms with van der Waals surface area (Å²) in [5.74, 6) is 1.59. The van der Waals surface area contributed by atoms with Gasteiger partial charge in [0.05, 0.1) is 25.5 Å². The largest absolute Gasteiger partial charge is 0.493 e. The molecule has 3 aromatic rings. The first-order chi connectivity index (χ1) is 15.7. The second-order valence-corrected chi connectivity index (χ2v) is 8.35. The van der Waals surface area contributed by atoms with Crippen LogP contribution in [0.2, 0.25) is 0 Å². The highest BCUT2D eigenvalue weighted by Gasteiger charge is 2.25. The average molecular weight is 450 g/mol. The number of nitriles is 1. The lowest BCUT2D eigenvalue weighted by Crippen LogP contribution is -2.23. The van der Waals surface area contributed by atoms with E-state index in [1.807, 2.05) is 18.2 Å². The van der Waals surface area contributed by atoms with E-state index in [0.717, 1.165) is 36.8 Å². The fraction of sp³-hybridized carbons (Fsp3) is 0.292. The van der Waals surface area contributed by atoms with Gasteiger partial charge >= 0.3 is 0 Å². The maximum Gasteiger partial charge on any atom is 0.255 e. The smallest absolute Gasteiger partial charge is 0.255 e. The molecule has 0 aliphatic heterocycles. The van der Waals surface area contributed by atoms with Gasteiger partial charge in [-0.25, -0.2) is 4.99 Å². The van der Waals surface area contributed by atoms with E-state index in [1.165, 1.54) is 4.88 Å². The minimum Gasteiger partial charge on any atom is -0.493 e. The van der Waals surface area contributed by atoms with Crippen LogP contribution in [0.15, 0.2) is 46.0 Å². The molecule has 0 unspecified atom stereocenters. The Morgan fingerprint density at radius 3 is 2.97 bits per heavy atom. The summed E-state index contributed by atoms with van der Waals surface area (Å²) in [4.78, 5) is 19.0. The molecule has 0 saturated carbocycles. The summed E-state index contributed by atoms with van der Waals surface area (Å²) in [6, 6.07) is 10.9. The van der Waals surface area contributed by atoms with Crippen molar-refractivity contribution in [3.05, 3.63) is 63.9 Å². The van der Waals surface area contributed by atoms with Crippen molar-refractivity contribution in [2.45, 2.75) is 32.2 Å². The topological polar surface area (TPSA) is 96.8 Å². The van der Waals surface area contributed by atoms with Gasteiger partial charge in [0.2, 0.25) is 0 Å². The third kappa shape index (κ3) is 4.84. The van der Waals surface area contributed by atoms with Crippen molar-refractivity contribution >= 4 is 28.5 Å². The van der Waals surface area contributed by atoms with Gasteiger partial charge in [-0.3, -0.25) is 4.79 Å². The van der Waals surface area contributed by atoms with E-state index in [9.17, 15) is 4.79 Å². The zero-order valence-electron chi connectivity index (χ0n) is 17.7. The zero-order chi connectivity index (χ0) is 22.3. The van der Waals surface area contributed by atoms with Crippen LogP contribution in [0.1, 0.15) is 45.0 Å². The Morgan fingerprint density at radius 1 is 1.31 bits per heavy atom. The number of hydrogen-bond donors (Lipinski definition) is 1. The van der Waals surface area contributed by atoms with Gasteiger partial charge in [-0.15, -0.1) is 11.3 Å². The van der Waals surface area contributed by atoms with Crippen molar-refractivity contribution in [3.63, 3.8) is 0 Å². The van der Waals surface area contributed by atoms with Gasteiger partial charge in [-0.1, -0.05) is 0 Å². The predicted octanol–water partition coefficient (Wildman–Crippen LogP) is 4.81. The van der Waals surface area contributed by atoms with Gasteiger partial charge in [-0.2, -0.15) is 5.26 Å². The quantitative estimate of drug-likeness (QED) is 0.498. The van der Waals surface area contributed by atoms with Crippen molar-refractivity contribution in [2.24, 2.45) is 4.99 Å². The molecule has 1 N–H and O–H groups in total. The Hall–Kier alpha value is -3.57. The Morgan fingerprint density at radius 2 is 2.19 bits per heavy atom.